The van der Waals surface area contributed by atoms with Gasteiger partial charge >= 0.3 is 5.97 Å². The molecule has 2 aromatic carbocycles. The maximum absolute atomic E-state index is 13.0. The zero-order chi connectivity index (χ0) is 20.0. The molecule has 1 aliphatic carbocycles. The number of ether oxygens (including phenoxy) is 1. The Balaban J connectivity index is 1.32. The number of esters is 1. The van der Waals surface area contributed by atoms with Crippen molar-refractivity contribution >= 4 is 11.9 Å². The van der Waals surface area contributed by atoms with Crippen molar-refractivity contribution in [3.05, 3.63) is 59.2 Å². The Morgan fingerprint density at radius 3 is 2.45 bits per heavy atom. The second kappa shape index (κ2) is 7.30. The molecule has 1 saturated heterocycles. The number of carbonyl (C=O) groups is 2. The minimum absolute atomic E-state index is 0.174. The van der Waals surface area contributed by atoms with Crippen molar-refractivity contribution in [3.63, 3.8) is 0 Å². The second-order valence-electron chi connectivity index (χ2n) is 8.40. The van der Waals surface area contributed by atoms with Gasteiger partial charge in [-0.15, -0.1) is 0 Å². The summed E-state index contributed by atoms with van der Waals surface area (Å²) in [4.78, 5) is 29.3. The van der Waals surface area contributed by atoms with Gasteiger partial charge in [0.2, 0.25) is 0 Å². The van der Waals surface area contributed by atoms with Gasteiger partial charge in [-0.1, -0.05) is 24.6 Å². The van der Waals surface area contributed by atoms with Crippen LogP contribution in [0.1, 0.15) is 52.0 Å². The molecule has 5 nitrogen and oxygen atoms in total. The molecule has 5 rings (SSSR count). The molecule has 2 fully saturated rings. The molecule has 150 valence electrons. The van der Waals surface area contributed by atoms with Gasteiger partial charge < -0.3 is 9.64 Å². The molecule has 0 spiro atoms. The maximum Gasteiger partial charge on any atom is 0.337 e. The molecule has 1 atom stereocenters. The first-order valence-corrected chi connectivity index (χ1v) is 10.5. The van der Waals surface area contributed by atoms with E-state index in [0.717, 1.165) is 47.8 Å². The molecule has 0 N–H and O–H groups in total. The van der Waals surface area contributed by atoms with Crippen molar-refractivity contribution in [2.24, 2.45) is 0 Å². The van der Waals surface area contributed by atoms with Crippen LogP contribution >= 0.6 is 0 Å². The van der Waals surface area contributed by atoms with Gasteiger partial charge in [0.15, 0.2) is 0 Å². The molecule has 29 heavy (non-hydrogen) atoms. The van der Waals surface area contributed by atoms with Crippen LogP contribution in [0.2, 0.25) is 0 Å². The van der Waals surface area contributed by atoms with Gasteiger partial charge in [-0.3, -0.25) is 9.69 Å². The molecule has 1 saturated carbocycles. The lowest BCUT2D eigenvalue weighted by atomic mass is 9.92. The van der Waals surface area contributed by atoms with Crippen LogP contribution in [0.15, 0.2) is 42.5 Å². The number of hydrogen-bond donors (Lipinski definition) is 0. The van der Waals surface area contributed by atoms with Gasteiger partial charge in [0.05, 0.1) is 12.7 Å². The lowest BCUT2D eigenvalue weighted by Crippen LogP contribution is -2.42. The van der Waals surface area contributed by atoms with Crippen LogP contribution < -0.4 is 0 Å². The maximum atomic E-state index is 13.0. The SMILES string of the molecule is COC(=O)c1ccc(-c2ccc3c(c2)CN(C2CCN(C4CCC4)C2)C3=O)cc1. The molecule has 2 aliphatic heterocycles. The monoisotopic (exact) mass is 390 g/mol. The minimum Gasteiger partial charge on any atom is -0.465 e. The zero-order valence-corrected chi connectivity index (χ0v) is 16.8. The summed E-state index contributed by atoms with van der Waals surface area (Å²) >= 11 is 0. The largest absolute Gasteiger partial charge is 0.465 e. The summed E-state index contributed by atoms with van der Waals surface area (Å²) in [5, 5.41) is 0. The highest BCUT2D eigenvalue weighted by atomic mass is 16.5. The Kier molecular flexibility index (Phi) is 4.63. The Morgan fingerprint density at radius 1 is 1.00 bits per heavy atom. The predicted molar refractivity (Wildman–Crippen MR) is 111 cm³/mol. The number of nitrogens with zero attached hydrogens (tertiary/aromatic N) is 2. The summed E-state index contributed by atoms with van der Waals surface area (Å²) in [6.07, 6.45) is 5.07. The third kappa shape index (κ3) is 3.23. The Labute approximate surface area is 171 Å². The number of carbonyl (C=O) groups excluding carboxylic acids is 2. The minimum atomic E-state index is -0.334. The van der Waals surface area contributed by atoms with E-state index in [1.54, 1.807) is 12.1 Å². The number of amides is 1. The van der Waals surface area contributed by atoms with Crippen LogP contribution in [-0.4, -0.2) is 54.0 Å². The summed E-state index contributed by atoms with van der Waals surface area (Å²) in [5.74, 6) is -0.160. The molecule has 1 amide bonds. The summed E-state index contributed by atoms with van der Waals surface area (Å²) in [7, 11) is 1.38. The van der Waals surface area contributed by atoms with E-state index in [2.05, 4.69) is 15.9 Å². The number of rotatable bonds is 4. The van der Waals surface area contributed by atoms with Crippen LogP contribution in [0.25, 0.3) is 11.1 Å². The van der Waals surface area contributed by atoms with Crippen molar-refractivity contribution in [1.29, 1.82) is 0 Å². The quantitative estimate of drug-likeness (QED) is 0.747. The van der Waals surface area contributed by atoms with E-state index in [9.17, 15) is 9.59 Å². The topological polar surface area (TPSA) is 49.9 Å². The summed E-state index contributed by atoms with van der Waals surface area (Å²) in [6, 6.07) is 14.6. The number of methoxy groups -OCH3 is 1. The van der Waals surface area contributed by atoms with Gasteiger partial charge in [-0.05, 0) is 60.2 Å². The Hall–Kier alpha value is -2.66. The van der Waals surface area contributed by atoms with E-state index in [-0.39, 0.29) is 11.9 Å². The first kappa shape index (κ1) is 18.4. The second-order valence-corrected chi connectivity index (χ2v) is 8.40. The molecule has 2 heterocycles. The number of fused-ring (bicyclic) bond motifs is 1. The number of benzene rings is 2. The van der Waals surface area contributed by atoms with Gasteiger partial charge in [0, 0.05) is 37.3 Å². The third-order valence-corrected chi connectivity index (χ3v) is 6.80. The molecule has 0 aromatic heterocycles. The van der Waals surface area contributed by atoms with Crippen LogP contribution in [-0.2, 0) is 11.3 Å². The van der Waals surface area contributed by atoms with Gasteiger partial charge in [-0.25, -0.2) is 4.79 Å². The van der Waals surface area contributed by atoms with Gasteiger partial charge in [0.1, 0.15) is 0 Å². The number of likely N-dealkylation sites (tertiary alicyclic amines) is 1. The zero-order valence-electron chi connectivity index (χ0n) is 16.8. The van der Waals surface area contributed by atoms with Crippen LogP contribution in [0.3, 0.4) is 0 Å². The lowest BCUT2D eigenvalue weighted by Gasteiger charge is -2.35. The van der Waals surface area contributed by atoms with Gasteiger partial charge in [-0.2, -0.15) is 0 Å². The fraction of sp³-hybridized carbons (Fsp3) is 0.417. The van der Waals surface area contributed by atoms with Crippen molar-refractivity contribution in [3.8, 4) is 11.1 Å². The lowest BCUT2D eigenvalue weighted by molar-refractivity contribution is 0.0600. The normalized spacial score (nSPS) is 21.9. The van der Waals surface area contributed by atoms with Crippen molar-refractivity contribution < 1.29 is 14.3 Å². The Morgan fingerprint density at radius 2 is 1.76 bits per heavy atom. The van der Waals surface area contributed by atoms with E-state index in [4.69, 9.17) is 4.74 Å². The fourth-order valence-corrected chi connectivity index (χ4v) is 4.84. The van der Waals surface area contributed by atoms with E-state index >= 15 is 0 Å². The van der Waals surface area contributed by atoms with Crippen molar-refractivity contribution in [2.75, 3.05) is 20.2 Å². The van der Waals surface area contributed by atoms with Gasteiger partial charge in [0.25, 0.3) is 5.91 Å². The van der Waals surface area contributed by atoms with E-state index in [0.29, 0.717) is 18.2 Å². The van der Waals surface area contributed by atoms with E-state index < -0.39 is 0 Å². The molecular formula is C24H26N2O3. The molecule has 1 unspecified atom stereocenters. The molecule has 5 heteroatoms. The van der Waals surface area contributed by atoms with Crippen molar-refractivity contribution in [1.82, 2.24) is 9.80 Å². The van der Waals surface area contributed by atoms with Crippen molar-refractivity contribution in [2.45, 2.75) is 44.3 Å². The first-order chi connectivity index (χ1) is 14.1. The fourth-order valence-electron chi connectivity index (χ4n) is 4.84. The third-order valence-electron chi connectivity index (χ3n) is 6.80. The molecule has 0 radical (unpaired) electrons. The average molecular weight is 390 g/mol. The first-order valence-electron chi connectivity index (χ1n) is 10.5. The molecule has 2 aromatic rings. The van der Waals surface area contributed by atoms with Crippen LogP contribution in [0.5, 0.6) is 0 Å². The molecule has 3 aliphatic rings. The highest BCUT2D eigenvalue weighted by Gasteiger charge is 2.39. The standard InChI is InChI=1S/C24H26N2O3/c1-29-24(28)17-7-5-16(6-8-17)18-9-10-22-19(13-18)14-26(23(22)27)21-11-12-25(15-21)20-3-2-4-20/h5-10,13,20-21H,2-4,11-12,14-15H2,1H3. The highest BCUT2D eigenvalue weighted by Crippen LogP contribution is 2.34. The summed E-state index contributed by atoms with van der Waals surface area (Å²) in [6.45, 7) is 2.84. The van der Waals surface area contributed by atoms with Crippen LogP contribution in [0.4, 0.5) is 0 Å². The van der Waals surface area contributed by atoms with E-state index in [1.165, 1.54) is 26.4 Å². The predicted octanol–water partition coefficient (Wildman–Crippen LogP) is 3.72. The highest BCUT2D eigenvalue weighted by molar-refractivity contribution is 5.99. The summed E-state index contributed by atoms with van der Waals surface area (Å²) < 4.78 is 4.76. The number of hydrogen-bond acceptors (Lipinski definition) is 4. The van der Waals surface area contributed by atoms with Crippen LogP contribution in [0, 0.1) is 0 Å². The van der Waals surface area contributed by atoms with E-state index in [1.807, 2.05) is 24.3 Å². The Bertz CT molecular complexity index is 949. The molecular weight excluding hydrogens is 364 g/mol. The average Bonchev–Trinajstić information content (AvgIpc) is 3.31. The molecule has 0 bridgehead atoms. The smallest absolute Gasteiger partial charge is 0.337 e. The summed E-state index contributed by atoms with van der Waals surface area (Å²) in [5.41, 5.74) is 4.57.